The Balaban J connectivity index is 1.87. The number of anilines is 1. The van der Waals surface area contributed by atoms with Crippen LogP contribution in [0.5, 0.6) is 5.75 Å². The van der Waals surface area contributed by atoms with Crippen molar-refractivity contribution in [2.75, 3.05) is 19.5 Å². The van der Waals surface area contributed by atoms with E-state index < -0.39 is 15.9 Å². The third kappa shape index (κ3) is 4.01. The molecule has 1 heterocycles. The van der Waals surface area contributed by atoms with Crippen molar-refractivity contribution < 1.29 is 17.9 Å². The predicted octanol–water partition coefficient (Wildman–Crippen LogP) is 2.90. The molecule has 0 bridgehead atoms. The lowest BCUT2D eigenvalue weighted by molar-refractivity contribution is 0.102. The summed E-state index contributed by atoms with van der Waals surface area (Å²) in [7, 11) is -0.862. The zero-order valence-corrected chi connectivity index (χ0v) is 16.6. The van der Waals surface area contributed by atoms with E-state index in [0.717, 1.165) is 5.56 Å². The van der Waals surface area contributed by atoms with Crippen LogP contribution in [0.15, 0.2) is 53.4 Å². The summed E-state index contributed by atoms with van der Waals surface area (Å²) in [6.45, 7) is 0. The van der Waals surface area contributed by atoms with Gasteiger partial charge in [0.25, 0.3) is 5.91 Å². The van der Waals surface area contributed by atoms with Crippen LogP contribution in [0.25, 0.3) is 11.3 Å². The first-order valence-corrected chi connectivity index (χ1v) is 9.95. The Labute approximate surface area is 166 Å². The van der Waals surface area contributed by atoms with Crippen LogP contribution in [0, 0.1) is 0 Å². The van der Waals surface area contributed by atoms with Crippen molar-refractivity contribution in [2.45, 2.75) is 4.90 Å². The lowest BCUT2D eigenvalue weighted by atomic mass is 10.1. The quantitative estimate of drug-likeness (QED) is 0.567. The number of carbonyl (C=O) groups excluding carboxylic acids is 1. The summed E-state index contributed by atoms with van der Waals surface area (Å²) >= 11 is 6.07. The molecule has 1 amide bonds. The number of rotatable bonds is 6. The number of nitrogens with zero attached hydrogens (tertiary/aromatic N) is 1. The number of ether oxygens (including phenoxy) is 1. The molecule has 0 aliphatic heterocycles. The van der Waals surface area contributed by atoms with Crippen LogP contribution in [0.2, 0.25) is 5.02 Å². The predicted molar refractivity (Wildman–Crippen MR) is 106 cm³/mol. The van der Waals surface area contributed by atoms with Gasteiger partial charge in [-0.25, -0.2) is 13.1 Å². The van der Waals surface area contributed by atoms with Crippen LogP contribution in [0.4, 0.5) is 5.82 Å². The lowest BCUT2D eigenvalue weighted by Gasteiger charge is -2.08. The van der Waals surface area contributed by atoms with Crippen molar-refractivity contribution >= 4 is 33.3 Å². The average Bonchev–Trinajstić information content (AvgIpc) is 3.16. The summed E-state index contributed by atoms with van der Waals surface area (Å²) in [4.78, 5) is 12.5. The van der Waals surface area contributed by atoms with Crippen molar-refractivity contribution in [3.63, 3.8) is 0 Å². The Morgan fingerprint density at radius 3 is 2.64 bits per heavy atom. The molecular weight excluding hydrogens is 404 g/mol. The van der Waals surface area contributed by atoms with Crippen LogP contribution in [-0.4, -0.2) is 38.7 Å². The van der Waals surface area contributed by atoms with Crippen molar-refractivity contribution in [1.29, 1.82) is 0 Å². The molecule has 28 heavy (non-hydrogen) atoms. The maximum Gasteiger partial charge on any atom is 0.258 e. The highest BCUT2D eigenvalue weighted by Crippen LogP contribution is 2.29. The summed E-state index contributed by atoms with van der Waals surface area (Å²) < 4.78 is 31.4. The minimum Gasteiger partial charge on any atom is -0.496 e. The summed E-state index contributed by atoms with van der Waals surface area (Å²) in [5.74, 6) is 0.317. The maximum atomic E-state index is 12.6. The second-order valence-corrected chi connectivity index (χ2v) is 7.96. The molecular formula is C18H17ClN4O4S. The number of carbonyl (C=O) groups is 1. The van der Waals surface area contributed by atoms with Crippen molar-refractivity contribution in [2.24, 2.45) is 0 Å². The number of benzene rings is 2. The number of hydrogen-bond acceptors (Lipinski definition) is 5. The normalized spacial score (nSPS) is 11.2. The molecule has 0 aliphatic carbocycles. The first-order valence-electron chi connectivity index (χ1n) is 8.09. The zero-order chi connectivity index (χ0) is 20.3. The molecule has 146 valence electrons. The smallest absolute Gasteiger partial charge is 0.258 e. The fourth-order valence-electron chi connectivity index (χ4n) is 2.54. The van der Waals surface area contributed by atoms with E-state index in [1.54, 1.807) is 13.2 Å². The van der Waals surface area contributed by atoms with Crippen molar-refractivity contribution in [3.8, 4) is 17.0 Å². The highest BCUT2D eigenvalue weighted by Gasteiger charge is 2.18. The molecule has 0 aliphatic rings. The fraction of sp³-hybridized carbons (Fsp3) is 0.111. The number of hydrogen-bond donors (Lipinski definition) is 3. The number of nitrogens with one attached hydrogen (secondary N) is 3. The number of halogens is 1. The Morgan fingerprint density at radius 2 is 1.93 bits per heavy atom. The maximum absolute atomic E-state index is 12.6. The van der Waals surface area contributed by atoms with E-state index in [-0.39, 0.29) is 21.3 Å². The van der Waals surface area contributed by atoms with Crippen LogP contribution in [0.1, 0.15) is 10.4 Å². The number of para-hydroxylation sites is 1. The molecule has 8 nitrogen and oxygen atoms in total. The van der Waals surface area contributed by atoms with Gasteiger partial charge in [-0.1, -0.05) is 23.7 Å². The second-order valence-electron chi connectivity index (χ2n) is 5.67. The van der Waals surface area contributed by atoms with E-state index in [0.29, 0.717) is 11.4 Å². The van der Waals surface area contributed by atoms with E-state index >= 15 is 0 Å². The van der Waals surface area contributed by atoms with Gasteiger partial charge in [0, 0.05) is 11.6 Å². The van der Waals surface area contributed by atoms with Gasteiger partial charge in [0.05, 0.1) is 28.3 Å². The molecule has 0 radical (unpaired) electrons. The Hall–Kier alpha value is -2.88. The van der Waals surface area contributed by atoms with Crippen molar-refractivity contribution in [3.05, 3.63) is 59.1 Å². The number of methoxy groups -OCH3 is 1. The molecule has 0 unspecified atom stereocenters. The molecule has 0 saturated heterocycles. The number of H-pyrrole nitrogens is 1. The molecule has 3 rings (SSSR count). The molecule has 1 aromatic heterocycles. The zero-order valence-electron chi connectivity index (χ0n) is 15.0. The number of amides is 1. The largest absolute Gasteiger partial charge is 0.496 e. The van der Waals surface area contributed by atoms with E-state index in [1.807, 2.05) is 24.3 Å². The van der Waals surface area contributed by atoms with E-state index in [9.17, 15) is 13.2 Å². The van der Waals surface area contributed by atoms with E-state index in [4.69, 9.17) is 16.3 Å². The molecule has 3 aromatic rings. The summed E-state index contributed by atoms with van der Waals surface area (Å²) in [6, 6.07) is 12.9. The molecule has 10 heteroatoms. The monoisotopic (exact) mass is 420 g/mol. The van der Waals surface area contributed by atoms with Gasteiger partial charge in [-0.2, -0.15) is 5.10 Å². The molecule has 2 aromatic carbocycles. The molecule has 3 N–H and O–H groups in total. The summed E-state index contributed by atoms with van der Waals surface area (Å²) in [6.07, 6.45) is 0. The third-order valence-corrected chi connectivity index (χ3v) is 5.72. The Kier molecular flexibility index (Phi) is 5.68. The molecule has 0 saturated carbocycles. The number of aromatic nitrogens is 2. The number of sulfonamides is 1. The minimum atomic E-state index is -3.71. The highest BCUT2D eigenvalue weighted by molar-refractivity contribution is 7.89. The molecule has 0 atom stereocenters. The summed E-state index contributed by atoms with van der Waals surface area (Å²) in [5.41, 5.74) is 1.43. The fourth-order valence-corrected chi connectivity index (χ4v) is 3.50. The van der Waals surface area contributed by atoms with Gasteiger partial charge in [0.1, 0.15) is 5.75 Å². The van der Waals surface area contributed by atoms with Crippen LogP contribution in [0.3, 0.4) is 0 Å². The van der Waals surface area contributed by atoms with Gasteiger partial charge in [-0.3, -0.25) is 9.89 Å². The van der Waals surface area contributed by atoms with Crippen LogP contribution >= 0.6 is 11.6 Å². The topological polar surface area (TPSA) is 113 Å². The van der Waals surface area contributed by atoms with E-state index in [2.05, 4.69) is 20.2 Å². The first kappa shape index (κ1) is 19.9. The molecule has 0 spiro atoms. The SMILES string of the molecule is CNS(=O)(=O)c1ccc(Cl)c(C(=O)Nc2cc(-c3ccccc3OC)[nH]n2)c1. The standard InChI is InChI=1S/C18H17ClN4O4S/c1-20-28(25,26)11-7-8-14(19)13(9-11)18(24)21-17-10-15(22-23-17)12-5-3-4-6-16(12)27-2/h3-10,20H,1-2H3,(H2,21,22,23,24). The first-order chi connectivity index (χ1) is 13.4. The van der Waals surface area contributed by atoms with Gasteiger partial charge in [0.15, 0.2) is 5.82 Å². The third-order valence-electron chi connectivity index (χ3n) is 3.98. The Bertz CT molecular complexity index is 1130. The van der Waals surface area contributed by atoms with Gasteiger partial charge >= 0.3 is 0 Å². The van der Waals surface area contributed by atoms with Crippen molar-refractivity contribution in [1.82, 2.24) is 14.9 Å². The average molecular weight is 421 g/mol. The minimum absolute atomic E-state index is 0.0137. The lowest BCUT2D eigenvalue weighted by Crippen LogP contribution is -2.20. The summed E-state index contributed by atoms with van der Waals surface area (Å²) in [5, 5.41) is 9.61. The number of aromatic amines is 1. The van der Waals surface area contributed by atoms with Gasteiger partial charge in [-0.15, -0.1) is 0 Å². The Morgan fingerprint density at radius 1 is 1.18 bits per heavy atom. The van der Waals surface area contributed by atoms with Crippen LogP contribution in [-0.2, 0) is 10.0 Å². The highest BCUT2D eigenvalue weighted by atomic mass is 35.5. The van der Waals surface area contributed by atoms with Gasteiger partial charge in [0.2, 0.25) is 10.0 Å². The van der Waals surface area contributed by atoms with Gasteiger partial charge < -0.3 is 10.1 Å². The van der Waals surface area contributed by atoms with Gasteiger partial charge in [-0.05, 0) is 37.4 Å². The molecule has 0 fully saturated rings. The second kappa shape index (κ2) is 8.01. The van der Waals surface area contributed by atoms with Crippen LogP contribution < -0.4 is 14.8 Å². The van der Waals surface area contributed by atoms with E-state index in [1.165, 1.54) is 25.2 Å².